The van der Waals surface area contributed by atoms with Gasteiger partial charge in [-0.3, -0.25) is 0 Å². The van der Waals surface area contributed by atoms with E-state index >= 15 is 0 Å². The molecule has 0 aromatic heterocycles. The second kappa shape index (κ2) is 3.21. The van der Waals surface area contributed by atoms with Gasteiger partial charge in [-0.15, -0.1) is 0 Å². The molecule has 0 aromatic carbocycles. The van der Waals surface area contributed by atoms with Crippen molar-refractivity contribution in [3.8, 4) is 0 Å². The lowest BCUT2D eigenvalue weighted by Gasteiger charge is -2.60. The van der Waals surface area contributed by atoms with Gasteiger partial charge in [0.25, 0.3) is 0 Å². The van der Waals surface area contributed by atoms with E-state index in [0.717, 1.165) is 25.0 Å². The van der Waals surface area contributed by atoms with E-state index in [0.29, 0.717) is 17.9 Å². The van der Waals surface area contributed by atoms with Crippen LogP contribution in [0.3, 0.4) is 0 Å². The maximum atomic E-state index is 6.05. The van der Waals surface area contributed by atoms with Crippen LogP contribution in [0.15, 0.2) is 0 Å². The smallest absolute Gasteiger partial charge is 0.176 e. The zero-order valence-corrected chi connectivity index (χ0v) is 9.85. The standard InChI is InChI=1S/C13H20O3/c1-14-12-9-4-8-5-10(7-9)13(11(12)6-8)15-2-3-16-13/h8-12H,2-7H2,1H3/t8?,9?,10?,11?,12-/m0/s1. The summed E-state index contributed by atoms with van der Waals surface area (Å²) < 4.78 is 17.8. The lowest BCUT2D eigenvalue weighted by molar-refractivity contribution is -0.317. The highest BCUT2D eigenvalue weighted by Crippen LogP contribution is 2.61. The molecule has 5 atom stereocenters. The number of rotatable bonds is 1. The fourth-order valence-corrected chi connectivity index (χ4v) is 5.04. The first kappa shape index (κ1) is 9.86. The van der Waals surface area contributed by atoms with Gasteiger partial charge in [0.1, 0.15) is 0 Å². The highest BCUT2D eigenvalue weighted by molar-refractivity contribution is 5.09. The Hall–Kier alpha value is -0.120. The summed E-state index contributed by atoms with van der Waals surface area (Å²) in [5.74, 6) is 2.57. The summed E-state index contributed by atoms with van der Waals surface area (Å²) in [6.07, 6.45) is 5.59. The molecule has 5 fully saturated rings. The van der Waals surface area contributed by atoms with Gasteiger partial charge in [0.15, 0.2) is 5.79 Å². The first-order chi connectivity index (χ1) is 7.83. The maximum absolute atomic E-state index is 6.05. The minimum Gasteiger partial charge on any atom is -0.381 e. The van der Waals surface area contributed by atoms with Crippen LogP contribution in [-0.2, 0) is 14.2 Å². The Morgan fingerprint density at radius 2 is 1.88 bits per heavy atom. The molecular weight excluding hydrogens is 204 g/mol. The van der Waals surface area contributed by atoms with Crippen LogP contribution in [0.25, 0.3) is 0 Å². The zero-order chi connectivity index (χ0) is 10.8. The van der Waals surface area contributed by atoms with Crippen LogP contribution in [-0.4, -0.2) is 32.2 Å². The van der Waals surface area contributed by atoms with E-state index in [9.17, 15) is 0 Å². The lowest BCUT2D eigenvalue weighted by Crippen LogP contribution is -2.64. The van der Waals surface area contributed by atoms with Crippen LogP contribution >= 0.6 is 0 Å². The Balaban J connectivity index is 1.74. The second-order valence-electron chi connectivity index (χ2n) is 5.99. The molecule has 1 heterocycles. The van der Waals surface area contributed by atoms with Crippen LogP contribution in [0.1, 0.15) is 25.7 Å². The van der Waals surface area contributed by atoms with Crippen molar-refractivity contribution in [2.75, 3.05) is 20.3 Å². The molecule has 0 radical (unpaired) electrons. The molecule has 1 spiro atoms. The molecule has 5 rings (SSSR count). The molecule has 90 valence electrons. The molecule has 4 unspecified atom stereocenters. The molecular formula is C13H20O3. The summed E-state index contributed by atoms with van der Waals surface area (Å²) in [6, 6.07) is 0. The molecule has 4 saturated carbocycles. The largest absolute Gasteiger partial charge is 0.381 e. The van der Waals surface area contributed by atoms with E-state index in [1.807, 2.05) is 7.11 Å². The summed E-state index contributed by atoms with van der Waals surface area (Å²) in [6.45, 7) is 1.55. The van der Waals surface area contributed by atoms with E-state index in [1.54, 1.807) is 0 Å². The summed E-state index contributed by atoms with van der Waals surface area (Å²) in [5, 5.41) is 0. The lowest BCUT2D eigenvalue weighted by atomic mass is 9.52. The van der Waals surface area contributed by atoms with Crippen molar-refractivity contribution < 1.29 is 14.2 Å². The third-order valence-corrected chi connectivity index (χ3v) is 5.39. The minimum absolute atomic E-state index is 0.256. The first-order valence-corrected chi connectivity index (χ1v) is 6.64. The van der Waals surface area contributed by atoms with E-state index in [-0.39, 0.29) is 5.79 Å². The van der Waals surface area contributed by atoms with Gasteiger partial charge in [-0.1, -0.05) is 0 Å². The normalized spacial score (nSPS) is 52.7. The van der Waals surface area contributed by atoms with Crippen LogP contribution in [0.4, 0.5) is 0 Å². The molecule has 4 bridgehead atoms. The molecule has 16 heavy (non-hydrogen) atoms. The van der Waals surface area contributed by atoms with E-state index in [2.05, 4.69) is 0 Å². The molecule has 3 nitrogen and oxygen atoms in total. The third kappa shape index (κ3) is 1.05. The van der Waals surface area contributed by atoms with Crippen molar-refractivity contribution in [1.82, 2.24) is 0 Å². The molecule has 5 aliphatic rings. The van der Waals surface area contributed by atoms with Gasteiger partial charge in [-0.25, -0.2) is 0 Å². The Kier molecular flexibility index (Phi) is 1.98. The average molecular weight is 224 g/mol. The van der Waals surface area contributed by atoms with E-state index < -0.39 is 0 Å². The van der Waals surface area contributed by atoms with Gasteiger partial charge in [0.2, 0.25) is 0 Å². The van der Waals surface area contributed by atoms with Gasteiger partial charge in [-0.2, -0.15) is 0 Å². The quantitative estimate of drug-likeness (QED) is 0.680. The zero-order valence-electron chi connectivity index (χ0n) is 9.85. The number of methoxy groups -OCH3 is 1. The van der Waals surface area contributed by atoms with Crippen LogP contribution < -0.4 is 0 Å². The number of hydrogen-bond donors (Lipinski definition) is 0. The van der Waals surface area contributed by atoms with Crippen LogP contribution in [0, 0.1) is 23.7 Å². The van der Waals surface area contributed by atoms with E-state index in [4.69, 9.17) is 14.2 Å². The minimum atomic E-state index is -0.256. The summed E-state index contributed by atoms with van der Waals surface area (Å²) >= 11 is 0. The van der Waals surface area contributed by atoms with Crippen molar-refractivity contribution in [2.24, 2.45) is 23.7 Å². The molecule has 0 N–H and O–H groups in total. The van der Waals surface area contributed by atoms with Gasteiger partial charge >= 0.3 is 0 Å². The maximum Gasteiger partial charge on any atom is 0.176 e. The van der Waals surface area contributed by atoms with E-state index in [1.165, 1.54) is 25.7 Å². The Morgan fingerprint density at radius 1 is 1.06 bits per heavy atom. The van der Waals surface area contributed by atoms with Crippen molar-refractivity contribution in [3.05, 3.63) is 0 Å². The molecule has 0 aromatic rings. The Morgan fingerprint density at radius 3 is 2.62 bits per heavy atom. The Labute approximate surface area is 96.4 Å². The molecule has 1 saturated heterocycles. The summed E-state index contributed by atoms with van der Waals surface area (Å²) in [5.41, 5.74) is 0. The SMILES string of the molecule is CO[C@H]1C2CC3CC(C2)C2(OCCO2)C1C3. The van der Waals surface area contributed by atoms with Crippen molar-refractivity contribution in [3.63, 3.8) is 0 Å². The average Bonchev–Trinajstić information content (AvgIpc) is 2.76. The molecule has 3 heteroatoms. The van der Waals surface area contributed by atoms with Crippen LogP contribution in [0.2, 0.25) is 0 Å². The molecule has 4 aliphatic carbocycles. The van der Waals surface area contributed by atoms with Gasteiger partial charge in [-0.05, 0) is 37.5 Å². The fourth-order valence-electron chi connectivity index (χ4n) is 5.04. The number of hydrogen-bond acceptors (Lipinski definition) is 3. The Bertz CT molecular complexity index is 298. The molecule has 0 amide bonds. The summed E-state index contributed by atoms with van der Waals surface area (Å²) in [4.78, 5) is 0. The highest BCUT2D eigenvalue weighted by Gasteiger charge is 2.64. The van der Waals surface area contributed by atoms with Crippen molar-refractivity contribution in [1.29, 1.82) is 0 Å². The monoisotopic (exact) mass is 224 g/mol. The van der Waals surface area contributed by atoms with Gasteiger partial charge in [0.05, 0.1) is 19.3 Å². The first-order valence-electron chi connectivity index (χ1n) is 6.64. The predicted molar refractivity (Wildman–Crippen MR) is 57.9 cm³/mol. The van der Waals surface area contributed by atoms with Gasteiger partial charge in [0, 0.05) is 18.9 Å². The predicted octanol–water partition coefficient (Wildman–Crippen LogP) is 1.81. The topological polar surface area (TPSA) is 27.7 Å². The van der Waals surface area contributed by atoms with Crippen molar-refractivity contribution in [2.45, 2.75) is 37.6 Å². The third-order valence-electron chi connectivity index (χ3n) is 5.39. The summed E-state index contributed by atoms with van der Waals surface area (Å²) in [7, 11) is 1.86. The fraction of sp³-hybridized carbons (Fsp3) is 1.00. The van der Waals surface area contributed by atoms with Gasteiger partial charge < -0.3 is 14.2 Å². The van der Waals surface area contributed by atoms with Crippen LogP contribution in [0.5, 0.6) is 0 Å². The molecule has 1 aliphatic heterocycles. The highest BCUT2D eigenvalue weighted by atomic mass is 16.7. The van der Waals surface area contributed by atoms with Crippen molar-refractivity contribution >= 4 is 0 Å². The number of ether oxygens (including phenoxy) is 3. The second-order valence-corrected chi connectivity index (χ2v) is 5.99.